The summed E-state index contributed by atoms with van der Waals surface area (Å²) in [6.07, 6.45) is 5.34. The van der Waals surface area contributed by atoms with Gasteiger partial charge in [0.05, 0.1) is 0 Å². The molecule has 0 radical (unpaired) electrons. The molecule has 0 aliphatic heterocycles. The van der Waals surface area contributed by atoms with E-state index in [2.05, 4.69) is 48.6 Å². The molecule has 1 aromatic rings. The maximum atomic E-state index is 3.47. The van der Waals surface area contributed by atoms with Crippen LogP contribution in [0.3, 0.4) is 0 Å². The molecule has 0 spiro atoms. The Morgan fingerprint density at radius 3 is 2.67 bits per heavy atom. The van der Waals surface area contributed by atoms with Crippen molar-refractivity contribution in [3.05, 3.63) is 22.4 Å². The number of rotatable bonds is 10. The van der Waals surface area contributed by atoms with E-state index in [1.165, 1.54) is 43.6 Å². The van der Waals surface area contributed by atoms with Crippen LogP contribution in [0.25, 0.3) is 0 Å². The third kappa shape index (κ3) is 7.85. The Morgan fingerprint density at radius 2 is 2.00 bits per heavy atom. The number of nitrogens with zero attached hydrogens (tertiary/aromatic N) is 1. The smallest absolute Gasteiger partial charge is 0.0324 e. The van der Waals surface area contributed by atoms with E-state index in [1.807, 2.05) is 11.3 Å². The molecule has 0 aliphatic carbocycles. The van der Waals surface area contributed by atoms with Crippen molar-refractivity contribution in [1.82, 2.24) is 10.2 Å². The van der Waals surface area contributed by atoms with Gasteiger partial charge in [-0.15, -0.1) is 11.3 Å². The third-order valence-corrected chi connectivity index (χ3v) is 3.89. The van der Waals surface area contributed by atoms with Crippen LogP contribution in [0.5, 0.6) is 0 Å². The molecule has 18 heavy (non-hydrogen) atoms. The molecule has 0 aromatic carbocycles. The van der Waals surface area contributed by atoms with Crippen LogP contribution >= 0.6 is 11.3 Å². The zero-order valence-electron chi connectivity index (χ0n) is 12.1. The lowest BCUT2D eigenvalue weighted by Gasteiger charge is -2.15. The maximum Gasteiger partial charge on any atom is 0.0324 e. The first-order valence-corrected chi connectivity index (χ1v) is 8.00. The molecule has 104 valence electrons. The zero-order chi connectivity index (χ0) is 13.2. The fraction of sp³-hybridized carbons (Fsp3) is 0.733. The maximum absolute atomic E-state index is 3.47. The minimum Gasteiger partial charge on any atom is -0.315 e. The second-order valence-corrected chi connectivity index (χ2v) is 6.37. The van der Waals surface area contributed by atoms with Crippen molar-refractivity contribution < 1.29 is 0 Å². The van der Waals surface area contributed by atoms with E-state index in [0.717, 1.165) is 6.54 Å². The van der Waals surface area contributed by atoms with Crippen molar-refractivity contribution >= 4 is 11.3 Å². The van der Waals surface area contributed by atoms with Crippen molar-refractivity contribution in [2.24, 2.45) is 0 Å². The molecule has 0 saturated heterocycles. The van der Waals surface area contributed by atoms with E-state index in [-0.39, 0.29) is 0 Å². The van der Waals surface area contributed by atoms with Crippen LogP contribution in [0, 0.1) is 0 Å². The summed E-state index contributed by atoms with van der Waals surface area (Å²) in [4.78, 5) is 3.90. The van der Waals surface area contributed by atoms with Gasteiger partial charge in [0.25, 0.3) is 0 Å². The Hall–Kier alpha value is -0.380. The highest BCUT2D eigenvalue weighted by Crippen LogP contribution is 2.11. The molecule has 0 atom stereocenters. The van der Waals surface area contributed by atoms with Crippen LogP contribution < -0.4 is 5.32 Å². The number of thiophene rings is 1. The molecule has 0 unspecified atom stereocenters. The second-order valence-electron chi connectivity index (χ2n) is 5.34. The van der Waals surface area contributed by atoms with Gasteiger partial charge in [-0.2, -0.15) is 0 Å². The standard InChI is InChI=1S/C15H28N2S/c1-14(2)16-10-6-4-5-7-11-17(3)13-15-9-8-12-18-15/h8-9,12,14,16H,4-7,10-11,13H2,1-3H3. The van der Waals surface area contributed by atoms with Gasteiger partial charge in [0.2, 0.25) is 0 Å². The fourth-order valence-corrected chi connectivity index (χ4v) is 2.78. The van der Waals surface area contributed by atoms with Crippen molar-refractivity contribution in [1.29, 1.82) is 0 Å². The van der Waals surface area contributed by atoms with Gasteiger partial charge in [-0.1, -0.05) is 32.8 Å². The SMILES string of the molecule is CC(C)NCCCCCCN(C)Cc1cccs1. The summed E-state index contributed by atoms with van der Waals surface area (Å²) in [5, 5.41) is 5.62. The van der Waals surface area contributed by atoms with Gasteiger partial charge in [-0.25, -0.2) is 0 Å². The van der Waals surface area contributed by atoms with Gasteiger partial charge < -0.3 is 10.2 Å². The van der Waals surface area contributed by atoms with Crippen LogP contribution in [0.1, 0.15) is 44.4 Å². The number of hydrogen-bond acceptors (Lipinski definition) is 3. The zero-order valence-corrected chi connectivity index (χ0v) is 12.9. The lowest BCUT2D eigenvalue weighted by molar-refractivity contribution is 0.319. The highest BCUT2D eigenvalue weighted by molar-refractivity contribution is 7.09. The molecule has 0 aliphatic rings. The van der Waals surface area contributed by atoms with Gasteiger partial charge in [0.15, 0.2) is 0 Å². The molecule has 0 fully saturated rings. The van der Waals surface area contributed by atoms with E-state index in [4.69, 9.17) is 0 Å². The highest BCUT2D eigenvalue weighted by atomic mass is 32.1. The van der Waals surface area contributed by atoms with Crippen LogP contribution in [-0.4, -0.2) is 31.1 Å². The Morgan fingerprint density at radius 1 is 1.22 bits per heavy atom. The number of hydrogen-bond donors (Lipinski definition) is 1. The molecule has 0 bridgehead atoms. The predicted octanol–water partition coefficient (Wildman–Crippen LogP) is 3.74. The Balaban J connectivity index is 1.91. The molecule has 1 heterocycles. The summed E-state index contributed by atoms with van der Waals surface area (Å²) < 4.78 is 0. The molecule has 0 amide bonds. The average Bonchev–Trinajstić information content (AvgIpc) is 2.80. The van der Waals surface area contributed by atoms with E-state index in [0.29, 0.717) is 6.04 Å². The molecule has 2 nitrogen and oxygen atoms in total. The number of nitrogens with one attached hydrogen (secondary N) is 1. The summed E-state index contributed by atoms with van der Waals surface area (Å²) in [6.45, 7) is 7.91. The third-order valence-electron chi connectivity index (χ3n) is 3.03. The van der Waals surface area contributed by atoms with Gasteiger partial charge in [-0.05, 0) is 44.4 Å². The topological polar surface area (TPSA) is 15.3 Å². The summed E-state index contributed by atoms with van der Waals surface area (Å²) >= 11 is 1.85. The lowest BCUT2D eigenvalue weighted by Crippen LogP contribution is -2.23. The van der Waals surface area contributed by atoms with Crippen LogP contribution in [0.4, 0.5) is 0 Å². The van der Waals surface area contributed by atoms with Crippen LogP contribution in [-0.2, 0) is 6.54 Å². The van der Waals surface area contributed by atoms with E-state index in [9.17, 15) is 0 Å². The quantitative estimate of drug-likeness (QED) is 0.650. The molecule has 1 aromatic heterocycles. The summed E-state index contributed by atoms with van der Waals surface area (Å²) in [6, 6.07) is 4.98. The lowest BCUT2D eigenvalue weighted by atomic mass is 10.2. The first-order valence-electron chi connectivity index (χ1n) is 7.13. The highest BCUT2D eigenvalue weighted by Gasteiger charge is 2.00. The van der Waals surface area contributed by atoms with Gasteiger partial charge in [0, 0.05) is 17.5 Å². The second kappa shape index (κ2) is 9.54. The monoisotopic (exact) mass is 268 g/mol. The first kappa shape index (κ1) is 15.7. The first-order chi connectivity index (χ1) is 8.68. The van der Waals surface area contributed by atoms with E-state index >= 15 is 0 Å². The Bertz CT molecular complexity index is 283. The summed E-state index contributed by atoms with van der Waals surface area (Å²) in [5.41, 5.74) is 0. The van der Waals surface area contributed by atoms with Gasteiger partial charge >= 0.3 is 0 Å². The van der Waals surface area contributed by atoms with E-state index < -0.39 is 0 Å². The molecule has 1 rings (SSSR count). The van der Waals surface area contributed by atoms with Gasteiger partial charge in [-0.3, -0.25) is 0 Å². The minimum absolute atomic E-state index is 0.627. The summed E-state index contributed by atoms with van der Waals surface area (Å²) in [5.74, 6) is 0. The predicted molar refractivity (Wildman–Crippen MR) is 82.3 cm³/mol. The van der Waals surface area contributed by atoms with Crippen molar-refractivity contribution in [3.8, 4) is 0 Å². The minimum atomic E-state index is 0.627. The largest absolute Gasteiger partial charge is 0.315 e. The van der Waals surface area contributed by atoms with Crippen molar-refractivity contribution in [2.45, 2.75) is 52.1 Å². The van der Waals surface area contributed by atoms with Crippen LogP contribution in [0.15, 0.2) is 17.5 Å². The normalized spacial score (nSPS) is 11.6. The Kier molecular flexibility index (Phi) is 8.31. The van der Waals surface area contributed by atoms with E-state index in [1.54, 1.807) is 0 Å². The molecule has 1 N–H and O–H groups in total. The van der Waals surface area contributed by atoms with Gasteiger partial charge in [0.1, 0.15) is 0 Å². The molecule has 3 heteroatoms. The molecule has 0 saturated carbocycles. The van der Waals surface area contributed by atoms with Crippen molar-refractivity contribution in [2.75, 3.05) is 20.1 Å². The average molecular weight is 268 g/mol. The Labute approximate surface area is 116 Å². The van der Waals surface area contributed by atoms with Crippen LogP contribution in [0.2, 0.25) is 0 Å². The fourth-order valence-electron chi connectivity index (χ4n) is 2.00. The molecular formula is C15H28N2S. The number of unbranched alkanes of at least 4 members (excludes halogenated alkanes) is 3. The molecular weight excluding hydrogens is 240 g/mol. The van der Waals surface area contributed by atoms with Crippen molar-refractivity contribution in [3.63, 3.8) is 0 Å². The summed E-state index contributed by atoms with van der Waals surface area (Å²) in [7, 11) is 2.22.